The number of unbranched alkanes of at least 4 members (excludes halogenated alkanes) is 1. The summed E-state index contributed by atoms with van der Waals surface area (Å²) < 4.78 is 33.7. The summed E-state index contributed by atoms with van der Waals surface area (Å²) in [7, 11) is -3.46. The maximum absolute atomic E-state index is 12.5. The summed E-state index contributed by atoms with van der Waals surface area (Å²) in [5.41, 5.74) is 2.35. The molecular formula is C24H34N2O3S. The molecule has 1 aliphatic heterocycles. The molecule has 1 heterocycles. The molecule has 0 aromatic heterocycles. The lowest BCUT2D eigenvalue weighted by molar-refractivity contribution is -0.0303. The van der Waals surface area contributed by atoms with Crippen LogP contribution in [0.3, 0.4) is 0 Å². The first-order chi connectivity index (χ1) is 14.3. The second kappa shape index (κ2) is 10.1. The van der Waals surface area contributed by atoms with Gasteiger partial charge in [0.05, 0.1) is 17.6 Å². The molecule has 0 amide bonds. The summed E-state index contributed by atoms with van der Waals surface area (Å²) in [4.78, 5) is 2.73. The summed E-state index contributed by atoms with van der Waals surface area (Å²) in [5, 5.41) is 0. The Morgan fingerprint density at radius 1 is 1.03 bits per heavy atom. The zero-order valence-corrected chi connectivity index (χ0v) is 19.1. The van der Waals surface area contributed by atoms with E-state index in [1.54, 1.807) is 12.1 Å². The molecular weight excluding hydrogens is 396 g/mol. The molecule has 2 aromatic rings. The predicted molar refractivity (Wildman–Crippen MR) is 121 cm³/mol. The Labute approximate surface area is 181 Å². The molecule has 5 nitrogen and oxygen atoms in total. The highest BCUT2D eigenvalue weighted by molar-refractivity contribution is 7.89. The second-order valence-electron chi connectivity index (χ2n) is 8.95. The van der Waals surface area contributed by atoms with E-state index in [1.807, 2.05) is 30.3 Å². The normalized spacial score (nSPS) is 18.4. The topological polar surface area (TPSA) is 58.6 Å². The van der Waals surface area contributed by atoms with Crippen molar-refractivity contribution in [2.45, 2.75) is 50.0 Å². The van der Waals surface area contributed by atoms with E-state index in [-0.39, 0.29) is 11.5 Å². The van der Waals surface area contributed by atoms with E-state index in [0.717, 1.165) is 44.6 Å². The van der Waals surface area contributed by atoms with Crippen molar-refractivity contribution in [2.24, 2.45) is 0 Å². The monoisotopic (exact) mass is 430 g/mol. The van der Waals surface area contributed by atoms with Crippen molar-refractivity contribution in [1.82, 2.24) is 9.62 Å². The molecule has 164 valence electrons. The minimum absolute atomic E-state index is 0.00866. The summed E-state index contributed by atoms with van der Waals surface area (Å²) >= 11 is 0. The fraction of sp³-hybridized carbons (Fsp3) is 0.500. The fourth-order valence-corrected chi connectivity index (χ4v) is 4.73. The number of benzene rings is 2. The molecule has 0 bridgehead atoms. The van der Waals surface area contributed by atoms with Gasteiger partial charge in [0.25, 0.3) is 0 Å². The van der Waals surface area contributed by atoms with Crippen molar-refractivity contribution < 1.29 is 13.2 Å². The van der Waals surface area contributed by atoms with Gasteiger partial charge in [-0.25, -0.2) is 13.1 Å². The third-order valence-electron chi connectivity index (χ3n) is 5.55. The zero-order chi connectivity index (χ0) is 21.6. The number of nitrogens with one attached hydrogen (secondary N) is 1. The lowest BCUT2D eigenvalue weighted by atomic mass is 9.87. The van der Waals surface area contributed by atoms with Gasteiger partial charge in [0.2, 0.25) is 10.0 Å². The van der Waals surface area contributed by atoms with Crippen LogP contribution in [0, 0.1) is 0 Å². The van der Waals surface area contributed by atoms with Crippen LogP contribution < -0.4 is 4.72 Å². The summed E-state index contributed by atoms with van der Waals surface area (Å²) in [6.07, 6.45) is 1.88. The van der Waals surface area contributed by atoms with Crippen LogP contribution in [-0.4, -0.2) is 46.1 Å². The van der Waals surface area contributed by atoms with E-state index in [1.165, 1.54) is 5.56 Å². The molecule has 0 saturated carbocycles. The van der Waals surface area contributed by atoms with Crippen LogP contribution in [0.25, 0.3) is 0 Å². The maximum atomic E-state index is 12.5. The van der Waals surface area contributed by atoms with Crippen molar-refractivity contribution in [3.05, 3.63) is 65.7 Å². The second-order valence-corrected chi connectivity index (χ2v) is 10.7. The molecule has 1 N–H and O–H groups in total. The molecule has 1 saturated heterocycles. The number of ether oxygens (including phenoxy) is 1. The van der Waals surface area contributed by atoms with E-state index in [0.29, 0.717) is 11.4 Å². The first-order valence-electron chi connectivity index (χ1n) is 10.7. The van der Waals surface area contributed by atoms with Crippen molar-refractivity contribution in [3.63, 3.8) is 0 Å². The highest BCUT2D eigenvalue weighted by Crippen LogP contribution is 2.24. The molecule has 1 atom stereocenters. The highest BCUT2D eigenvalue weighted by atomic mass is 32.2. The molecule has 6 heteroatoms. The van der Waals surface area contributed by atoms with Gasteiger partial charge in [0.1, 0.15) is 0 Å². The number of rotatable bonds is 8. The molecule has 2 aromatic carbocycles. The van der Waals surface area contributed by atoms with Crippen LogP contribution in [0.1, 0.15) is 50.8 Å². The lowest BCUT2D eigenvalue weighted by Crippen LogP contribution is -2.39. The molecule has 1 aliphatic rings. The quantitative estimate of drug-likeness (QED) is 0.640. The van der Waals surface area contributed by atoms with E-state index in [4.69, 9.17) is 4.74 Å². The number of nitrogens with zero attached hydrogens (tertiary/aromatic N) is 1. The molecule has 0 radical (unpaired) electrons. The van der Waals surface area contributed by atoms with E-state index in [9.17, 15) is 8.42 Å². The molecule has 30 heavy (non-hydrogen) atoms. The highest BCUT2D eigenvalue weighted by Gasteiger charge is 2.21. The van der Waals surface area contributed by atoms with Gasteiger partial charge in [0, 0.05) is 19.6 Å². The lowest BCUT2D eigenvalue weighted by Gasteiger charge is -2.33. The van der Waals surface area contributed by atoms with Crippen LogP contribution in [0.15, 0.2) is 59.5 Å². The Morgan fingerprint density at radius 3 is 2.40 bits per heavy atom. The van der Waals surface area contributed by atoms with E-state index >= 15 is 0 Å². The van der Waals surface area contributed by atoms with Crippen LogP contribution >= 0.6 is 0 Å². The number of morpholine rings is 1. The maximum Gasteiger partial charge on any atom is 0.240 e. The van der Waals surface area contributed by atoms with Crippen LogP contribution in [0.2, 0.25) is 0 Å². The van der Waals surface area contributed by atoms with Gasteiger partial charge in [0.15, 0.2) is 0 Å². The van der Waals surface area contributed by atoms with E-state index < -0.39 is 10.0 Å². The SMILES string of the molecule is CC(C)(C)c1ccc(S(=O)(=O)NCCCCN2CCOC(c3ccccc3)C2)cc1. The Balaban J connectivity index is 1.41. The Bertz CT molecular complexity index is 890. The third kappa shape index (κ3) is 6.38. The minimum atomic E-state index is -3.46. The first kappa shape index (κ1) is 22.9. The molecule has 1 unspecified atom stereocenters. The predicted octanol–water partition coefficient (Wildman–Crippen LogP) is 4.12. The fourth-order valence-electron chi connectivity index (χ4n) is 3.66. The largest absolute Gasteiger partial charge is 0.371 e. The number of sulfonamides is 1. The molecule has 3 rings (SSSR count). The molecule has 0 aliphatic carbocycles. The molecule has 0 spiro atoms. The van der Waals surface area contributed by atoms with Gasteiger partial charge in [-0.3, -0.25) is 4.90 Å². The van der Waals surface area contributed by atoms with Gasteiger partial charge in [-0.05, 0) is 48.1 Å². The van der Waals surface area contributed by atoms with Gasteiger partial charge in [-0.1, -0.05) is 63.2 Å². The van der Waals surface area contributed by atoms with Gasteiger partial charge >= 0.3 is 0 Å². The average Bonchev–Trinajstić information content (AvgIpc) is 2.74. The zero-order valence-electron chi connectivity index (χ0n) is 18.3. The standard InChI is InChI=1S/C24H34N2O3S/c1-24(2,3)21-11-13-22(14-12-21)30(27,28)25-15-7-8-16-26-17-18-29-23(19-26)20-9-5-4-6-10-20/h4-6,9-14,23,25H,7-8,15-19H2,1-3H3. The summed E-state index contributed by atoms with van der Waals surface area (Å²) in [6.45, 7) is 10.3. The van der Waals surface area contributed by atoms with Crippen LogP contribution in [-0.2, 0) is 20.2 Å². The molecule has 1 fully saturated rings. The Kier molecular flexibility index (Phi) is 7.69. The average molecular weight is 431 g/mol. The van der Waals surface area contributed by atoms with Crippen molar-refractivity contribution >= 4 is 10.0 Å². The Morgan fingerprint density at radius 2 is 1.73 bits per heavy atom. The van der Waals surface area contributed by atoms with Crippen molar-refractivity contribution in [1.29, 1.82) is 0 Å². The van der Waals surface area contributed by atoms with Gasteiger partial charge in [-0.15, -0.1) is 0 Å². The summed E-state index contributed by atoms with van der Waals surface area (Å²) in [6, 6.07) is 17.5. The third-order valence-corrected chi connectivity index (χ3v) is 7.02. The van der Waals surface area contributed by atoms with Gasteiger partial charge in [-0.2, -0.15) is 0 Å². The van der Waals surface area contributed by atoms with Crippen molar-refractivity contribution in [3.8, 4) is 0 Å². The smallest absolute Gasteiger partial charge is 0.240 e. The van der Waals surface area contributed by atoms with Gasteiger partial charge < -0.3 is 4.74 Å². The Hall–Kier alpha value is -1.73. The summed E-state index contributed by atoms with van der Waals surface area (Å²) in [5.74, 6) is 0. The number of hydrogen-bond donors (Lipinski definition) is 1. The van der Waals surface area contributed by atoms with Crippen LogP contribution in [0.4, 0.5) is 0 Å². The number of hydrogen-bond acceptors (Lipinski definition) is 4. The first-order valence-corrected chi connectivity index (χ1v) is 12.2. The van der Waals surface area contributed by atoms with Crippen molar-refractivity contribution in [2.75, 3.05) is 32.8 Å². The van der Waals surface area contributed by atoms with Crippen LogP contribution in [0.5, 0.6) is 0 Å². The van der Waals surface area contributed by atoms with E-state index in [2.05, 4.69) is 42.5 Å². The minimum Gasteiger partial charge on any atom is -0.371 e.